The summed E-state index contributed by atoms with van der Waals surface area (Å²) in [5.74, 6) is 0. The van der Waals surface area contributed by atoms with Gasteiger partial charge in [0.25, 0.3) is 0 Å². The quantitative estimate of drug-likeness (QED) is 0.786. The maximum absolute atomic E-state index is 11.0. The number of nitrogens with zero attached hydrogens (tertiary/aromatic N) is 1. The number of nitrogens with one attached hydrogen (secondary N) is 1. The lowest BCUT2D eigenvalue weighted by molar-refractivity contribution is 0.606. The molecule has 0 spiro atoms. The van der Waals surface area contributed by atoms with Crippen molar-refractivity contribution < 1.29 is 8.42 Å². The summed E-state index contributed by atoms with van der Waals surface area (Å²) in [6.07, 6.45) is 1.04. The van der Waals surface area contributed by atoms with Gasteiger partial charge in [0.15, 0.2) is 0 Å². The van der Waals surface area contributed by atoms with Gasteiger partial charge in [0.1, 0.15) is 6.04 Å². The molecule has 0 bridgehead atoms. The normalized spacial score (nSPS) is 12.9. The highest BCUT2D eigenvalue weighted by molar-refractivity contribution is 7.92. The Balaban J connectivity index is 3.14. The number of nitrogens with two attached hydrogens (primary N) is 1. The molecular weight excluding hydrogens is 214 g/mol. The van der Waals surface area contributed by atoms with E-state index in [1.54, 1.807) is 24.3 Å². The van der Waals surface area contributed by atoms with Gasteiger partial charge >= 0.3 is 0 Å². The van der Waals surface area contributed by atoms with Crippen molar-refractivity contribution in [1.82, 2.24) is 0 Å². The Morgan fingerprint density at radius 2 is 2.07 bits per heavy atom. The molecule has 1 aromatic carbocycles. The minimum atomic E-state index is -3.36. The third-order valence-corrected chi connectivity index (χ3v) is 2.32. The Morgan fingerprint density at radius 1 is 1.47 bits per heavy atom. The number of hydrogen-bond acceptors (Lipinski definition) is 4. The number of para-hydroxylation sites is 1. The largest absolute Gasteiger partial charge is 0.312 e. The minimum Gasteiger partial charge on any atom is -0.312 e. The standard InChI is InChI=1S/C9H11N3O2S/c1-15(13,14)12-9-5-3-2-4-7(9)8(11)6-10/h2-5,8,12H,11H2,1H3. The van der Waals surface area contributed by atoms with E-state index in [1.807, 2.05) is 6.07 Å². The van der Waals surface area contributed by atoms with Gasteiger partial charge in [0.05, 0.1) is 18.0 Å². The van der Waals surface area contributed by atoms with Gasteiger partial charge in [-0.25, -0.2) is 8.42 Å². The first-order chi connectivity index (χ1) is 6.94. The molecule has 6 heteroatoms. The number of nitriles is 1. The number of anilines is 1. The molecule has 1 unspecified atom stereocenters. The van der Waals surface area contributed by atoms with Crippen molar-refractivity contribution in [3.8, 4) is 6.07 Å². The fraction of sp³-hybridized carbons (Fsp3) is 0.222. The number of sulfonamides is 1. The minimum absolute atomic E-state index is 0.342. The predicted octanol–water partition coefficient (Wildman–Crippen LogP) is 0.581. The molecule has 15 heavy (non-hydrogen) atoms. The van der Waals surface area contributed by atoms with E-state index >= 15 is 0 Å². The van der Waals surface area contributed by atoms with Crippen molar-refractivity contribution in [2.75, 3.05) is 11.0 Å². The SMILES string of the molecule is CS(=O)(=O)Nc1ccccc1C(N)C#N. The molecular formula is C9H11N3O2S. The van der Waals surface area contributed by atoms with Crippen LogP contribution < -0.4 is 10.5 Å². The van der Waals surface area contributed by atoms with Gasteiger partial charge in [0.2, 0.25) is 10.0 Å². The zero-order chi connectivity index (χ0) is 11.5. The summed E-state index contributed by atoms with van der Waals surface area (Å²) < 4.78 is 24.4. The molecule has 0 saturated heterocycles. The lowest BCUT2D eigenvalue weighted by Gasteiger charge is -2.11. The van der Waals surface area contributed by atoms with Crippen LogP contribution in [0.2, 0.25) is 0 Å². The van der Waals surface area contributed by atoms with Crippen LogP contribution >= 0.6 is 0 Å². The van der Waals surface area contributed by atoms with Crippen LogP contribution in [0.15, 0.2) is 24.3 Å². The molecule has 1 aromatic rings. The number of benzene rings is 1. The average molecular weight is 225 g/mol. The average Bonchev–Trinajstić information content (AvgIpc) is 2.15. The molecule has 80 valence electrons. The fourth-order valence-electron chi connectivity index (χ4n) is 1.13. The Hall–Kier alpha value is -1.58. The molecule has 0 amide bonds. The molecule has 3 N–H and O–H groups in total. The van der Waals surface area contributed by atoms with E-state index in [1.165, 1.54) is 0 Å². The van der Waals surface area contributed by atoms with Crippen molar-refractivity contribution in [1.29, 1.82) is 5.26 Å². The molecule has 0 radical (unpaired) electrons. The van der Waals surface area contributed by atoms with E-state index in [9.17, 15) is 8.42 Å². The molecule has 0 heterocycles. The van der Waals surface area contributed by atoms with Gasteiger partial charge < -0.3 is 5.73 Å². The Kier molecular flexibility index (Phi) is 3.29. The maximum Gasteiger partial charge on any atom is 0.229 e. The summed E-state index contributed by atoms with van der Waals surface area (Å²) in [5.41, 5.74) is 6.32. The van der Waals surface area contributed by atoms with Crippen molar-refractivity contribution in [2.45, 2.75) is 6.04 Å². The summed E-state index contributed by atoms with van der Waals surface area (Å²) >= 11 is 0. The summed E-state index contributed by atoms with van der Waals surface area (Å²) in [4.78, 5) is 0. The van der Waals surface area contributed by atoms with Crippen molar-refractivity contribution in [3.05, 3.63) is 29.8 Å². The van der Waals surface area contributed by atoms with Crippen LogP contribution in [0, 0.1) is 11.3 Å². The van der Waals surface area contributed by atoms with E-state index in [0.29, 0.717) is 11.3 Å². The van der Waals surface area contributed by atoms with Crippen LogP contribution in [-0.2, 0) is 10.0 Å². The number of hydrogen-bond donors (Lipinski definition) is 2. The van der Waals surface area contributed by atoms with E-state index < -0.39 is 16.1 Å². The monoisotopic (exact) mass is 225 g/mol. The lowest BCUT2D eigenvalue weighted by atomic mass is 10.1. The zero-order valence-corrected chi connectivity index (χ0v) is 8.95. The molecule has 0 aromatic heterocycles. The van der Waals surface area contributed by atoms with E-state index in [4.69, 9.17) is 11.0 Å². The topological polar surface area (TPSA) is 96.0 Å². The first-order valence-corrected chi connectivity index (χ1v) is 6.05. The molecule has 0 saturated carbocycles. The highest BCUT2D eigenvalue weighted by Gasteiger charge is 2.11. The second-order valence-corrected chi connectivity index (χ2v) is 4.82. The third kappa shape index (κ3) is 3.23. The smallest absolute Gasteiger partial charge is 0.229 e. The van der Waals surface area contributed by atoms with Crippen LogP contribution in [0.25, 0.3) is 0 Å². The van der Waals surface area contributed by atoms with Crippen LogP contribution in [0.5, 0.6) is 0 Å². The number of rotatable bonds is 3. The Labute approximate surface area is 88.6 Å². The third-order valence-electron chi connectivity index (χ3n) is 1.73. The fourth-order valence-corrected chi connectivity index (χ4v) is 1.72. The molecule has 5 nitrogen and oxygen atoms in total. The Bertz CT molecular complexity index is 490. The summed E-state index contributed by atoms with van der Waals surface area (Å²) in [6.45, 7) is 0. The van der Waals surface area contributed by atoms with Crippen LogP contribution in [0.4, 0.5) is 5.69 Å². The van der Waals surface area contributed by atoms with E-state index in [2.05, 4.69) is 4.72 Å². The van der Waals surface area contributed by atoms with Crippen molar-refractivity contribution >= 4 is 15.7 Å². The van der Waals surface area contributed by atoms with Crippen molar-refractivity contribution in [2.24, 2.45) is 5.73 Å². The molecule has 0 aliphatic heterocycles. The summed E-state index contributed by atoms with van der Waals surface area (Å²) in [5, 5.41) is 8.66. The first kappa shape index (κ1) is 11.5. The predicted molar refractivity (Wildman–Crippen MR) is 57.4 cm³/mol. The molecule has 0 aliphatic carbocycles. The maximum atomic E-state index is 11.0. The van der Waals surface area contributed by atoms with Gasteiger partial charge in [0, 0.05) is 5.56 Å². The summed E-state index contributed by atoms with van der Waals surface area (Å²) in [7, 11) is -3.36. The zero-order valence-electron chi connectivity index (χ0n) is 8.14. The van der Waals surface area contributed by atoms with Gasteiger partial charge in [-0.15, -0.1) is 0 Å². The molecule has 0 aliphatic rings. The van der Waals surface area contributed by atoms with Crippen LogP contribution in [-0.4, -0.2) is 14.7 Å². The van der Waals surface area contributed by atoms with Crippen LogP contribution in [0.1, 0.15) is 11.6 Å². The molecule has 1 rings (SSSR count). The van der Waals surface area contributed by atoms with Gasteiger partial charge in [-0.1, -0.05) is 18.2 Å². The highest BCUT2D eigenvalue weighted by Crippen LogP contribution is 2.21. The van der Waals surface area contributed by atoms with Gasteiger partial charge in [-0.2, -0.15) is 5.26 Å². The van der Waals surface area contributed by atoms with E-state index in [-0.39, 0.29) is 0 Å². The van der Waals surface area contributed by atoms with Crippen molar-refractivity contribution in [3.63, 3.8) is 0 Å². The second kappa shape index (κ2) is 4.29. The second-order valence-electron chi connectivity index (χ2n) is 3.07. The van der Waals surface area contributed by atoms with Gasteiger partial charge in [-0.3, -0.25) is 4.72 Å². The lowest BCUT2D eigenvalue weighted by Crippen LogP contribution is -2.15. The summed E-state index contributed by atoms with van der Waals surface area (Å²) in [6, 6.07) is 7.55. The first-order valence-electron chi connectivity index (χ1n) is 4.16. The molecule has 0 fully saturated rings. The Morgan fingerprint density at radius 3 is 2.60 bits per heavy atom. The van der Waals surface area contributed by atoms with Crippen LogP contribution in [0.3, 0.4) is 0 Å². The molecule has 1 atom stereocenters. The van der Waals surface area contributed by atoms with E-state index in [0.717, 1.165) is 6.26 Å². The highest BCUT2D eigenvalue weighted by atomic mass is 32.2. The van der Waals surface area contributed by atoms with Gasteiger partial charge in [-0.05, 0) is 6.07 Å².